The van der Waals surface area contributed by atoms with Crippen LogP contribution in [0.15, 0.2) is 22.9 Å². The Balaban J connectivity index is 1.93. The zero-order chi connectivity index (χ0) is 10.3. The lowest BCUT2D eigenvalue weighted by Gasteiger charge is -1.93. The molecule has 4 nitrogen and oxygen atoms in total. The van der Waals surface area contributed by atoms with Crippen LogP contribution in [0.4, 0.5) is 0 Å². The third-order valence-corrected chi connectivity index (χ3v) is 2.51. The molecule has 4 heteroatoms. The Morgan fingerprint density at radius 1 is 1.33 bits per heavy atom. The SMILES string of the molecule is Cc1ccc(-c2noc(C3CC3)n2)nc1. The third kappa shape index (κ3) is 1.63. The molecule has 76 valence electrons. The maximum atomic E-state index is 5.17. The molecule has 1 aliphatic carbocycles. The number of hydrogen-bond donors (Lipinski definition) is 0. The second kappa shape index (κ2) is 3.15. The number of nitrogens with zero attached hydrogens (tertiary/aromatic N) is 3. The lowest BCUT2D eigenvalue weighted by atomic mass is 10.3. The van der Waals surface area contributed by atoms with Crippen molar-refractivity contribution >= 4 is 0 Å². The second-order valence-corrected chi connectivity index (χ2v) is 3.95. The van der Waals surface area contributed by atoms with E-state index < -0.39 is 0 Å². The van der Waals surface area contributed by atoms with E-state index in [9.17, 15) is 0 Å². The van der Waals surface area contributed by atoms with Crippen LogP contribution in [-0.4, -0.2) is 15.1 Å². The molecule has 2 aromatic heterocycles. The number of aryl methyl sites for hydroxylation is 1. The standard InChI is InChI=1S/C11H11N3O/c1-7-2-5-9(12-6-7)10-13-11(15-14-10)8-3-4-8/h2,5-6,8H,3-4H2,1H3. The van der Waals surface area contributed by atoms with Gasteiger partial charge in [0.25, 0.3) is 0 Å². The number of hydrogen-bond acceptors (Lipinski definition) is 4. The minimum atomic E-state index is 0.497. The van der Waals surface area contributed by atoms with Gasteiger partial charge in [0.1, 0.15) is 5.69 Å². The van der Waals surface area contributed by atoms with E-state index in [1.54, 1.807) is 0 Å². The largest absolute Gasteiger partial charge is 0.339 e. The van der Waals surface area contributed by atoms with Crippen molar-refractivity contribution in [2.75, 3.05) is 0 Å². The van der Waals surface area contributed by atoms with Crippen molar-refractivity contribution < 1.29 is 4.52 Å². The molecule has 1 fully saturated rings. The number of pyridine rings is 1. The van der Waals surface area contributed by atoms with Crippen LogP contribution in [0, 0.1) is 6.92 Å². The predicted octanol–water partition coefficient (Wildman–Crippen LogP) is 2.32. The van der Waals surface area contributed by atoms with Gasteiger partial charge in [-0.1, -0.05) is 11.2 Å². The highest BCUT2D eigenvalue weighted by molar-refractivity contribution is 5.48. The minimum absolute atomic E-state index is 0.497. The highest BCUT2D eigenvalue weighted by Crippen LogP contribution is 2.39. The van der Waals surface area contributed by atoms with Gasteiger partial charge in [0.15, 0.2) is 0 Å². The van der Waals surface area contributed by atoms with E-state index >= 15 is 0 Å². The Hall–Kier alpha value is -1.71. The van der Waals surface area contributed by atoms with Gasteiger partial charge in [-0.2, -0.15) is 4.98 Å². The van der Waals surface area contributed by atoms with Gasteiger partial charge in [0.05, 0.1) is 0 Å². The molecule has 0 saturated heterocycles. The molecule has 0 aliphatic heterocycles. The van der Waals surface area contributed by atoms with Crippen molar-refractivity contribution in [1.82, 2.24) is 15.1 Å². The molecule has 0 radical (unpaired) electrons. The van der Waals surface area contributed by atoms with Crippen molar-refractivity contribution in [3.05, 3.63) is 29.8 Å². The van der Waals surface area contributed by atoms with E-state index in [1.165, 1.54) is 12.8 Å². The summed E-state index contributed by atoms with van der Waals surface area (Å²) in [5, 5.41) is 3.93. The molecule has 1 aliphatic rings. The number of rotatable bonds is 2. The highest BCUT2D eigenvalue weighted by Gasteiger charge is 2.29. The molecule has 0 unspecified atom stereocenters. The van der Waals surface area contributed by atoms with Crippen molar-refractivity contribution in [2.24, 2.45) is 0 Å². The van der Waals surface area contributed by atoms with Crippen LogP contribution < -0.4 is 0 Å². The summed E-state index contributed by atoms with van der Waals surface area (Å²) in [5.41, 5.74) is 1.90. The molecule has 0 bridgehead atoms. The van der Waals surface area contributed by atoms with Gasteiger partial charge in [-0.05, 0) is 31.4 Å². The van der Waals surface area contributed by atoms with Crippen LogP contribution in [0.1, 0.15) is 30.2 Å². The van der Waals surface area contributed by atoms with E-state index in [0.29, 0.717) is 11.7 Å². The molecule has 15 heavy (non-hydrogen) atoms. The van der Waals surface area contributed by atoms with Crippen LogP contribution >= 0.6 is 0 Å². The zero-order valence-corrected chi connectivity index (χ0v) is 8.47. The first kappa shape index (κ1) is 8.59. The van der Waals surface area contributed by atoms with Gasteiger partial charge in [0.2, 0.25) is 11.7 Å². The normalized spacial score (nSPS) is 15.5. The first-order valence-corrected chi connectivity index (χ1v) is 5.09. The van der Waals surface area contributed by atoms with E-state index in [2.05, 4.69) is 15.1 Å². The van der Waals surface area contributed by atoms with Gasteiger partial charge in [-0.3, -0.25) is 4.98 Å². The van der Waals surface area contributed by atoms with Crippen molar-refractivity contribution in [3.63, 3.8) is 0 Å². The number of aromatic nitrogens is 3. The Kier molecular flexibility index (Phi) is 1.80. The lowest BCUT2D eigenvalue weighted by molar-refractivity contribution is 0.380. The monoisotopic (exact) mass is 201 g/mol. The summed E-state index contributed by atoms with van der Waals surface area (Å²) in [4.78, 5) is 8.59. The molecule has 2 heterocycles. The van der Waals surface area contributed by atoms with Crippen molar-refractivity contribution in [3.8, 4) is 11.5 Å². The van der Waals surface area contributed by atoms with Gasteiger partial charge >= 0.3 is 0 Å². The molecular weight excluding hydrogens is 190 g/mol. The van der Waals surface area contributed by atoms with E-state index in [4.69, 9.17) is 4.52 Å². The van der Waals surface area contributed by atoms with Crippen molar-refractivity contribution in [1.29, 1.82) is 0 Å². The van der Waals surface area contributed by atoms with Crippen LogP contribution in [0.25, 0.3) is 11.5 Å². The summed E-state index contributed by atoms with van der Waals surface area (Å²) in [5.74, 6) is 1.85. The Morgan fingerprint density at radius 3 is 2.87 bits per heavy atom. The average molecular weight is 201 g/mol. The van der Waals surface area contributed by atoms with Crippen LogP contribution in [-0.2, 0) is 0 Å². The maximum absolute atomic E-state index is 5.17. The summed E-state index contributed by atoms with van der Waals surface area (Å²) < 4.78 is 5.17. The fourth-order valence-electron chi connectivity index (χ4n) is 1.44. The zero-order valence-electron chi connectivity index (χ0n) is 8.47. The Labute approximate surface area is 87.3 Å². The fourth-order valence-corrected chi connectivity index (χ4v) is 1.44. The quantitative estimate of drug-likeness (QED) is 0.748. The van der Waals surface area contributed by atoms with Gasteiger partial charge in [-0.15, -0.1) is 0 Å². The van der Waals surface area contributed by atoms with Gasteiger partial charge in [0, 0.05) is 12.1 Å². The second-order valence-electron chi connectivity index (χ2n) is 3.95. The van der Waals surface area contributed by atoms with Crippen LogP contribution in [0.3, 0.4) is 0 Å². The van der Waals surface area contributed by atoms with Crippen LogP contribution in [0.5, 0.6) is 0 Å². The van der Waals surface area contributed by atoms with E-state index in [0.717, 1.165) is 17.1 Å². The highest BCUT2D eigenvalue weighted by atomic mass is 16.5. The first-order chi connectivity index (χ1) is 7.33. The Morgan fingerprint density at radius 2 is 2.20 bits per heavy atom. The predicted molar refractivity (Wildman–Crippen MR) is 54.2 cm³/mol. The smallest absolute Gasteiger partial charge is 0.230 e. The maximum Gasteiger partial charge on any atom is 0.230 e. The summed E-state index contributed by atoms with van der Waals surface area (Å²) >= 11 is 0. The topological polar surface area (TPSA) is 51.8 Å². The molecular formula is C11H11N3O. The molecule has 0 N–H and O–H groups in total. The summed E-state index contributed by atoms with van der Waals surface area (Å²) in [6.07, 6.45) is 4.15. The molecule has 0 aromatic carbocycles. The van der Waals surface area contributed by atoms with Gasteiger partial charge < -0.3 is 4.52 Å². The molecule has 0 amide bonds. The van der Waals surface area contributed by atoms with Gasteiger partial charge in [-0.25, -0.2) is 0 Å². The van der Waals surface area contributed by atoms with Crippen molar-refractivity contribution in [2.45, 2.75) is 25.7 Å². The first-order valence-electron chi connectivity index (χ1n) is 5.09. The molecule has 2 aromatic rings. The summed E-state index contributed by atoms with van der Waals surface area (Å²) in [7, 11) is 0. The summed E-state index contributed by atoms with van der Waals surface area (Å²) in [6.45, 7) is 2.00. The molecule has 1 saturated carbocycles. The fraction of sp³-hybridized carbons (Fsp3) is 0.364. The average Bonchev–Trinajstić information content (AvgIpc) is 2.99. The Bertz CT molecular complexity index is 471. The van der Waals surface area contributed by atoms with Crippen LogP contribution in [0.2, 0.25) is 0 Å². The molecule has 0 spiro atoms. The molecule has 3 rings (SSSR count). The summed E-state index contributed by atoms with van der Waals surface area (Å²) in [6, 6.07) is 3.91. The minimum Gasteiger partial charge on any atom is -0.339 e. The molecule has 0 atom stereocenters. The lowest BCUT2D eigenvalue weighted by Crippen LogP contribution is -1.86. The third-order valence-electron chi connectivity index (χ3n) is 2.51. The van der Waals surface area contributed by atoms with E-state index in [1.807, 2.05) is 25.3 Å². The van der Waals surface area contributed by atoms with E-state index in [-0.39, 0.29) is 0 Å².